The van der Waals surface area contributed by atoms with Crippen molar-refractivity contribution in [3.05, 3.63) is 29.8 Å². The predicted octanol–water partition coefficient (Wildman–Crippen LogP) is 1.13. The summed E-state index contributed by atoms with van der Waals surface area (Å²) in [4.78, 5) is 22.4. The molecule has 0 saturated heterocycles. The summed E-state index contributed by atoms with van der Waals surface area (Å²) in [5, 5.41) is 18.3. The number of nitrogens with two attached hydrogens (primary N) is 1. The van der Waals surface area contributed by atoms with Gasteiger partial charge in [0.05, 0.1) is 13.0 Å². The minimum Gasteiger partial charge on any atom is -0.497 e. The van der Waals surface area contributed by atoms with Crippen LogP contribution < -0.4 is 10.5 Å². The highest BCUT2D eigenvalue weighted by Gasteiger charge is 2.57. The molecule has 0 heterocycles. The van der Waals surface area contributed by atoms with E-state index in [0.717, 1.165) is 11.3 Å². The summed E-state index contributed by atoms with van der Waals surface area (Å²) in [5.41, 5.74) is 5.45. The Balaban J connectivity index is 2.03. The lowest BCUT2D eigenvalue weighted by Crippen LogP contribution is -2.51. The molecule has 6 heteroatoms. The first kappa shape index (κ1) is 15.3. The molecule has 2 rings (SSSR count). The van der Waals surface area contributed by atoms with Gasteiger partial charge in [-0.2, -0.15) is 0 Å². The zero-order chi connectivity index (χ0) is 15.6. The third-order valence-electron chi connectivity index (χ3n) is 4.15. The number of aliphatic carboxylic acids is 2. The standard InChI is InChI=1S/C15H19NO5/c1-21-10-4-2-9(3-5-10)6-7-15(16,14(19)20)12-8-11(12)13(17)18/h2-5,11-12H,6-8,16H2,1H3,(H,17,18)(H,19,20)/t11-,12-,15?/m0/s1. The summed E-state index contributed by atoms with van der Waals surface area (Å²) in [6.45, 7) is 0. The SMILES string of the molecule is COc1ccc(CCC(N)(C(=O)O)[C@H]2C[C@@H]2C(=O)O)cc1. The maximum atomic E-state index is 11.5. The zero-order valence-corrected chi connectivity index (χ0v) is 11.8. The van der Waals surface area contributed by atoms with E-state index in [0.29, 0.717) is 12.8 Å². The van der Waals surface area contributed by atoms with Crippen LogP contribution in [0.1, 0.15) is 18.4 Å². The molecule has 3 atom stereocenters. The molecule has 0 aromatic heterocycles. The van der Waals surface area contributed by atoms with Crippen molar-refractivity contribution in [3.8, 4) is 5.75 Å². The number of ether oxygens (including phenoxy) is 1. The molecule has 1 unspecified atom stereocenters. The van der Waals surface area contributed by atoms with E-state index in [4.69, 9.17) is 15.6 Å². The minimum atomic E-state index is -1.48. The van der Waals surface area contributed by atoms with E-state index >= 15 is 0 Å². The second-order valence-corrected chi connectivity index (χ2v) is 5.48. The van der Waals surface area contributed by atoms with Crippen LogP contribution in [0.2, 0.25) is 0 Å². The fraction of sp³-hybridized carbons (Fsp3) is 0.467. The normalized spacial score (nSPS) is 23.1. The van der Waals surface area contributed by atoms with Crippen LogP contribution in [-0.2, 0) is 16.0 Å². The van der Waals surface area contributed by atoms with Crippen LogP contribution in [0.4, 0.5) is 0 Å². The summed E-state index contributed by atoms with van der Waals surface area (Å²) in [5.74, 6) is -2.51. The first-order valence-corrected chi connectivity index (χ1v) is 6.76. The molecule has 6 nitrogen and oxygen atoms in total. The summed E-state index contributed by atoms with van der Waals surface area (Å²) < 4.78 is 5.06. The van der Waals surface area contributed by atoms with Gasteiger partial charge in [0.1, 0.15) is 11.3 Å². The third kappa shape index (κ3) is 3.16. The molecule has 21 heavy (non-hydrogen) atoms. The number of rotatable bonds is 7. The van der Waals surface area contributed by atoms with Gasteiger partial charge in [0.2, 0.25) is 0 Å². The molecule has 1 aromatic rings. The molecule has 0 radical (unpaired) electrons. The summed E-state index contributed by atoms with van der Waals surface area (Å²) >= 11 is 0. The van der Waals surface area contributed by atoms with E-state index in [2.05, 4.69) is 0 Å². The molecule has 1 saturated carbocycles. The summed E-state index contributed by atoms with van der Waals surface area (Å²) in [7, 11) is 1.57. The average molecular weight is 293 g/mol. The Kier molecular flexibility index (Phi) is 4.18. The lowest BCUT2D eigenvalue weighted by Gasteiger charge is -2.25. The molecule has 0 aliphatic heterocycles. The Hall–Kier alpha value is -2.08. The third-order valence-corrected chi connectivity index (χ3v) is 4.15. The molecule has 0 bridgehead atoms. The van der Waals surface area contributed by atoms with Crippen molar-refractivity contribution in [1.29, 1.82) is 0 Å². The Morgan fingerprint density at radius 1 is 1.33 bits per heavy atom. The average Bonchev–Trinajstić information content (AvgIpc) is 3.26. The van der Waals surface area contributed by atoms with Crippen LogP contribution in [-0.4, -0.2) is 34.8 Å². The lowest BCUT2D eigenvalue weighted by molar-refractivity contribution is -0.145. The molecule has 0 spiro atoms. The fourth-order valence-corrected chi connectivity index (χ4v) is 2.63. The number of aryl methyl sites for hydroxylation is 1. The molecule has 1 aromatic carbocycles. The van der Waals surface area contributed by atoms with Gasteiger partial charge in [-0.15, -0.1) is 0 Å². The highest BCUT2D eigenvalue weighted by atomic mass is 16.5. The molecule has 114 valence electrons. The zero-order valence-electron chi connectivity index (χ0n) is 11.8. The van der Waals surface area contributed by atoms with Crippen LogP contribution in [0.15, 0.2) is 24.3 Å². The monoisotopic (exact) mass is 293 g/mol. The van der Waals surface area contributed by atoms with Crippen molar-refractivity contribution >= 4 is 11.9 Å². The molecule has 0 amide bonds. The first-order chi connectivity index (χ1) is 9.88. The minimum absolute atomic E-state index is 0.211. The second-order valence-electron chi connectivity index (χ2n) is 5.48. The van der Waals surface area contributed by atoms with Crippen LogP contribution in [0.5, 0.6) is 5.75 Å². The van der Waals surface area contributed by atoms with Gasteiger partial charge in [-0.25, -0.2) is 0 Å². The summed E-state index contributed by atoms with van der Waals surface area (Å²) in [6, 6.07) is 7.29. The predicted molar refractivity (Wildman–Crippen MR) is 75.1 cm³/mol. The van der Waals surface area contributed by atoms with E-state index < -0.39 is 29.3 Å². The van der Waals surface area contributed by atoms with Crippen LogP contribution in [0, 0.1) is 11.8 Å². The highest BCUT2D eigenvalue weighted by molar-refractivity contribution is 5.83. The number of hydrogen-bond acceptors (Lipinski definition) is 4. The van der Waals surface area contributed by atoms with Crippen LogP contribution >= 0.6 is 0 Å². The van der Waals surface area contributed by atoms with E-state index in [-0.39, 0.29) is 6.42 Å². The maximum absolute atomic E-state index is 11.5. The van der Waals surface area contributed by atoms with Crippen LogP contribution in [0.3, 0.4) is 0 Å². The molecular weight excluding hydrogens is 274 g/mol. The van der Waals surface area contributed by atoms with Gasteiger partial charge in [-0.3, -0.25) is 9.59 Å². The van der Waals surface area contributed by atoms with E-state index in [1.807, 2.05) is 12.1 Å². The number of methoxy groups -OCH3 is 1. The van der Waals surface area contributed by atoms with Gasteiger partial charge in [0.15, 0.2) is 0 Å². The van der Waals surface area contributed by atoms with Gasteiger partial charge >= 0.3 is 11.9 Å². The Morgan fingerprint density at radius 2 is 1.95 bits per heavy atom. The lowest BCUT2D eigenvalue weighted by atomic mass is 9.86. The number of carboxylic acid groups (broad SMARTS) is 2. The number of benzene rings is 1. The summed E-state index contributed by atoms with van der Waals surface area (Å²) in [6.07, 6.45) is 1.03. The molecule has 4 N–H and O–H groups in total. The molecular formula is C15H19NO5. The number of hydrogen-bond donors (Lipinski definition) is 3. The van der Waals surface area contributed by atoms with E-state index in [1.165, 1.54) is 0 Å². The topological polar surface area (TPSA) is 110 Å². The maximum Gasteiger partial charge on any atom is 0.324 e. The Bertz CT molecular complexity index is 541. The smallest absolute Gasteiger partial charge is 0.324 e. The Labute approximate surface area is 122 Å². The Morgan fingerprint density at radius 3 is 2.38 bits per heavy atom. The highest BCUT2D eigenvalue weighted by Crippen LogP contribution is 2.47. The van der Waals surface area contributed by atoms with Crippen molar-refractivity contribution in [1.82, 2.24) is 0 Å². The van der Waals surface area contributed by atoms with Crippen molar-refractivity contribution in [2.24, 2.45) is 17.6 Å². The second kappa shape index (κ2) is 5.73. The van der Waals surface area contributed by atoms with Gasteiger partial charge in [0, 0.05) is 5.92 Å². The van der Waals surface area contributed by atoms with Crippen molar-refractivity contribution in [2.75, 3.05) is 7.11 Å². The quantitative estimate of drug-likeness (QED) is 0.695. The van der Waals surface area contributed by atoms with Crippen molar-refractivity contribution in [3.63, 3.8) is 0 Å². The largest absolute Gasteiger partial charge is 0.497 e. The van der Waals surface area contributed by atoms with E-state index in [9.17, 15) is 14.7 Å². The fourth-order valence-electron chi connectivity index (χ4n) is 2.63. The van der Waals surface area contributed by atoms with Crippen LogP contribution in [0.25, 0.3) is 0 Å². The number of carbonyl (C=O) groups is 2. The molecule has 1 fully saturated rings. The van der Waals surface area contributed by atoms with Crippen molar-refractivity contribution in [2.45, 2.75) is 24.8 Å². The molecule has 1 aliphatic rings. The van der Waals surface area contributed by atoms with E-state index in [1.54, 1.807) is 19.2 Å². The van der Waals surface area contributed by atoms with Gasteiger partial charge in [0.25, 0.3) is 0 Å². The van der Waals surface area contributed by atoms with Gasteiger partial charge in [-0.05, 0) is 37.0 Å². The first-order valence-electron chi connectivity index (χ1n) is 6.76. The van der Waals surface area contributed by atoms with Gasteiger partial charge in [-0.1, -0.05) is 12.1 Å². The molecule has 1 aliphatic carbocycles. The number of carboxylic acids is 2. The van der Waals surface area contributed by atoms with Crippen molar-refractivity contribution < 1.29 is 24.5 Å². The van der Waals surface area contributed by atoms with Gasteiger partial charge < -0.3 is 20.7 Å².